The van der Waals surface area contributed by atoms with Crippen LogP contribution in [0.4, 0.5) is 16.3 Å². The molecule has 1 aromatic heterocycles. The summed E-state index contributed by atoms with van der Waals surface area (Å²) in [7, 11) is 1.18. The minimum Gasteiger partial charge on any atom is -0.467 e. The number of carboxylic acid groups (broad SMARTS) is 1. The SMILES string of the molecule is COC(=O)C1(Cc2nc(Cl)nc(N3CCN(C(=O)O)C(CC#N)C3)c2[N+](=O)[O-])OCCc2c(Cl)cccc21. The molecule has 200 valence electrons. The molecule has 15 heteroatoms. The summed E-state index contributed by atoms with van der Waals surface area (Å²) in [5.41, 5.74) is -1.44. The Bertz CT molecular complexity index is 1340. The van der Waals surface area contributed by atoms with E-state index >= 15 is 0 Å². The van der Waals surface area contributed by atoms with Gasteiger partial charge in [-0.15, -0.1) is 0 Å². The van der Waals surface area contributed by atoms with Crippen molar-refractivity contribution in [3.8, 4) is 6.07 Å². The second-order valence-corrected chi connectivity index (χ2v) is 9.41. The number of benzene rings is 1. The van der Waals surface area contributed by atoms with E-state index in [1.807, 2.05) is 6.07 Å². The van der Waals surface area contributed by atoms with Crippen molar-refractivity contribution in [3.05, 3.63) is 55.4 Å². The number of hydrogen-bond donors (Lipinski definition) is 1. The molecule has 1 N–H and O–H groups in total. The summed E-state index contributed by atoms with van der Waals surface area (Å²) < 4.78 is 11.0. The van der Waals surface area contributed by atoms with Gasteiger partial charge in [0, 0.05) is 36.6 Å². The van der Waals surface area contributed by atoms with E-state index in [9.17, 15) is 30.1 Å². The highest BCUT2D eigenvalue weighted by atomic mass is 35.5. The molecule has 1 aromatic carbocycles. The van der Waals surface area contributed by atoms with Crippen molar-refractivity contribution in [1.29, 1.82) is 5.26 Å². The summed E-state index contributed by atoms with van der Waals surface area (Å²) in [5.74, 6) is -0.949. The summed E-state index contributed by atoms with van der Waals surface area (Å²) >= 11 is 12.6. The van der Waals surface area contributed by atoms with Gasteiger partial charge in [0.05, 0.1) is 37.2 Å². The van der Waals surface area contributed by atoms with Crippen LogP contribution in [-0.4, -0.2) is 76.4 Å². The fraction of sp³-hybridized carbons (Fsp3) is 0.435. The van der Waals surface area contributed by atoms with Crippen molar-refractivity contribution in [2.75, 3.05) is 38.3 Å². The van der Waals surface area contributed by atoms with E-state index in [0.717, 1.165) is 4.90 Å². The number of carbonyl (C=O) groups is 2. The number of esters is 1. The number of ether oxygens (including phenoxy) is 2. The number of halogens is 2. The number of anilines is 1. The second kappa shape index (κ2) is 10.9. The first-order valence-corrected chi connectivity index (χ1v) is 12.2. The standard InChI is InChI=1S/C23H22Cl2N6O7/c1-37-20(32)23(15-3-2-4-16(24)14(15)6-10-38-23)11-17-18(31(35)36)19(28-21(25)27-17)29-8-9-30(22(33)34)13(12-29)5-7-26/h2-4,13H,5-6,8-12H2,1H3,(H,33,34). The van der Waals surface area contributed by atoms with E-state index in [0.29, 0.717) is 22.6 Å². The molecule has 2 aromatic rings. The van der Waals surface area contributed by atoms with Crippen molar-refractivity contribution < 1.29 is 29.1 Å². The third-order valence-corrected chi connectivity index (χ3v) is 7.16. The highest BCUT2D eigenvalue weighted by Crippen LogP contribution is 2.42. The Hall–Kier alpha value is -3.73. The average Bonchev–Trinajstić information content (AvgIpc) is 2.88. The van der Waals surface area contributed by atoms with Gasteiger partial charge in [-0.1, -0.05) is 23.7 Å². The largest absolute Gasteiger partial charge is 0.467 e. The maximum atomic E-state index is 13.2. The van der Waals surface area contributed by atoms with Gasteiger partial charge in [-0.3, -0.25) is 10.1 Å². The zero-order chi connectivity index (χ0) is 27.6. The highest BCUT2D eigenvalue weighted by molar-refractivity contribution is 6.31. The number of carbonyl (C=O) groups excluding carboxylic acids is 1. The zero-order valence-corrected chi connectivity index (χ0v) is 21.6. The molecule has 2 unspecified atom stereocenters. The van der Waals surface area contributed by atoms with E-state index in [1.165, 1.54) is 12.0 Å². The summed E-state index contributed by atoms with van der Waals surface area (Å²) in [4.78, 5) is 47.3. The third kappa shape index (κ3) is 4.90. The summed E-state index contributed by atoms with van der Waals surface area (Å²) in [6, 6.07) is 6.14. The number of nitro groups is 1. The average molecular weight is 565 g/mol. The quantitative estimate of drug-likeness (QED) is 0.236. The number of amides is 1. The Labute approximate surface area is 226 Å². The van der Waals surface area contributed by atoms with Gasteiger partial charge < -0.3 is 24.4 Å². The second-order valence-electron chi connectivity index (χ2n) is 8.67. The molecule has 0 saturated carbocycles. The van der Waals surface area contributed by atoms with Crippen LogP contribution in [0, 0.1) is 21.4 Å². The van der Waals surface area contributed by atoms with E-state index in [4.69, 9.17) is 32.7 Å². The number of piperazine rings is 1. The molecule has 13 nitrogen and oxygen atoms in total. The lowest BCUT2D eigenvalue weighted by atomic mass is 9.82. The van der Waals surface area contributed by atoms with Gasteiger partial charge in [0.25, 0.3) is 0 Å². The number of aromatic nitrogens is 2. The van der Waals surface area contributed by atoms with Gasteiger partial charge in [-0.2, -0.15) is 10.2 Å². The third-order valence-electron chi connectivity index (χ3n) is 6.63. The fourth-order valence-corrected chi connectivity index (χ4v) is 5.40. The van der Waals surface area contributed by atoms with Gasteiger partial charge in [-0.05, 0) is 29.7 Å². The maximum absolute atomic E-state index is 13.2. The molecular formula is C23H22Cl2N6O7. The van der Waals surface area contributed by atoms with Gasteiger partial charge in [-0.25, -0.2) is 14.6 Å². The molecule has 3 heterocycles. The van der Waals surface area contributed by atoms with Crippen LogP contribution in [-0.2, 0) is 32.7 Å². The molecule has 0 radical (unpaired) electrons. The first kappa shape index (κ1) is 27.3. The van der Waals surface area contributed by atoms with E-state index < -0.39 is 40.7 Å². The monoisotopic (exact) mass is 564 g/mol. The number of methoxy groups -OCH3 is 1. The number of nitriles is 1. The Balaban J connectivity index is 1.83. The molecule has 4 rings (SSSR count). The minimum atomic E-state index is -1.79. The molecule has 2 atom stereocenters. The van der Waals surface area contributed by atoms with Gasteiger partial charge in [0.15, 0.2) is 5.60 Å². The van der Waals surface area contributed by atoms with Crippen molar-refractivity contribution >= 4 is 46.8 Å². The Kier molecular flexibility index (Phi) is 7.86. The minimum absolute atomic E-state index is 0.0170. The first-order chi connectivity index (χ1) is 18.1. The molecule has 0 aliphatic carbocycles. The molecule has 2 aliphatic rings. The maximum Gasteiger partial charge on any atom is 0.407 e. The van der Waals surface area contributed by atoms with Crippen LogP contribution in [0.25, 0.3) is 0 Å². The van der Waals surface area contributed by atoms with Gasteiger partial charge in [0.1, 0.15) is 5.69 Å². The number of hydrogen-bond acceptors (Lipinski definition) is 10. The number of fused-ring (bicyclic) bond motifs is 1. The predicted molar refractivity (Wildman–Crippen MR) is 133 cm³/mol. The topological polar surface area (TPSA) is 172 Å². The number of nitrogens with zero attached hydrogens (tertiary/aromatic N) is 6. The van der Waals surface area contributed by atoms with Crippen LogP contribution in [0.1, 0.15) is 23.2 Å². The van der Waals surface area contributed by atoms with Gasteiger partial charge in [0.2, 0.25) is 11.1 Å². The number of rotatable bonds is 6. The lowest BCUT2D eigenvalue weighted by molar-refractivity contribution is -0.385. The van der Waals surface area contributed by atoms with Crippen molar-refractivity contribution in [2.24, 2.45) is 0 Å². The molecule has 0 spiro atoms. The molecule has 1 fully saturated rings. The molecular weight excluding hydrogens is 543 g/mol. The normalized spacial score (nSPS) is 20.8. The van der Waals surface area contributed by atoms with Crippen LogP contribution in [0.5, 0.6) is 0 Å². The molecule has 38 heavy (non-hydrogen) atoms. The van der Waals surface area contributed by atoms with Crippen molar-refractivity contribution in [3.63, 3.8) is 0 Å². The van der Waals surface area contributed by atoms with Crippen LogP contribution in [0.15, 0.2) is 18.2 Å². The van der Waals surface area contributed by atoms with E-state index in [-0.39, 0.29) is 49.5 Å². The Morgan fingerprint density at radius 3 is 2.79 bits per heavy atom. The van der Waals surface area contributed by atoms with Crippen LogP contribution in [0.3, 0.4) is 0 Å². The van der Waals surface area contributed by atoms with Crippen LogP contribution < -0.4 is 4.90 Å². The molecule has 1 saturated heterocycles. The molecule has 0 bridgehead atoms. The molecule has 2 aliphatic heterocycles. The zero-order valence-electron chi connectivity index (χ0n) is 20.1. The highest BCUT2D eigenvalue weighted by Gasteiger charge is 2.49. The van der Waals surface area contributed by atoms with E-state index in [1.54, 1.807) is 18.2 Å². The summed E-state index contributed by atoms with van der Waals surface area (Å²) in [6.45, 7) is 0.0959. The first-order valence-electron chi connectivity index (χ1n) is 11.5. The van der Waals surface area contributed by atoms with E-state index in [2.05, 4.69) is 9.97 Å². The van der Waals surface area contributed by atoms with Crippen molar-refractivity contribution in [2.45, 2.75) is 30.9 Å². The summed E-state index contributed by atoms with van der Waals surface area (Å²) in [6.07, 6.45) is -1.32. The molecule has 1 amide bonds. The van der Waals surface area contributed by atoms with Gasteiger partial charge >= 0.3 is 17.7 Å². The summed E-state index contributed by atoms with van der Waals surface area (Å²) in [5, 5.41) is 31.1. The lowest BCUT2D eigenvalue weighted by Crippen LogP contribution is -2.55. The Morgan fingerprint density at radius 1 is 1.37 bits per heavy atom. The van der Waals surface area contributed by atoms with Crippen LogP contribution in [0.2, 0.25) is 10.3 Å². The lowest BCUT2D eigenvalue weighted by Gasteiger charge is -2.39. The van der Waals surface area contributed by atoms with Crippen molar-refractivity contribution in [1.82, 2.24) is 14.9 Å². The fourth-order valence-electron chi connectivity index (χ4n) is 4.95. The Morgan fingerprint density at radius 2 is 2.13 bits per heavy atom. The smallest absolute Gasteiger partial charge is 0.407 e. The predicted octanol–water partition coefficient (Wildman–Crippen LogP) is 2.96. The van der Waals surface area contributed by atoms with Crippen LogP contribution >= 0.6 is 23.2 Å².